The molecule has 29 heavy (non-hydrogen) atoms. The lowest BCUT2D eigenvalue weighted by atomic mass is 10.0. The Kier molecular flexibility index (Phi) is 5.25. The Morgan fingerprint density at radius 2 is 1.79 bits per heavy atom. The van der Waals surface area contributed by atoms with Crippen molar-refractivity contribution in [1.29, 1.82) is 0 Å². The summed E-state index contributed by atoms with van der Waals surface area (Å²) in [5, 5.41) is 0. The Morgan fingerprint density at radius 1 is 1.07 bits per heavy atom. The molecule has 0 aliphatic carbocycles. The number of pyridine rings is 1. The molecule has 0 fully saturated rings. The van der Waals surface area contributed by atoms with Gasteiger partial charge in [0.25, 0.3) is 11.2 Å². The van der Waals surface area contributed by atoms with E-state index in [1.165, 1.54) is 6.07 Å². The molecule has 0 radical (unpaired) electrons. The van der Waals surface area contributed by atoms with E-state index < -0.39 is 41.2 Å². The molecule has 3 aromatic rings. The number of hydrogen-bond acceptors (Lipinski definition) is 1. The quantitative estimate of drug-likeness (QED) is 0.405. The van der Waals surface area contributed by atoms with Gasteiger partial charge in [0.1, 0.15) is 11.6 Å². The molecule has 0 unspecified atom stereocenters. The van der Waals surface area contributed by atoms with E-state index in [9.17, 15) is 26.7 Å². The first kappa shape index (κ1) is 20.3. The number of halogens is 5. The van der Waals surface area contributed by atoms with Gasteiger partial charge in [-0.2, -0.15) is 13.2 Å². The van der Waals surface area contributed by atoms with Crippen molar-refractivity contribution in [3.8, 4) is 11.3 Å². The lowest BCUT2D eigenvalue weighted by Gasteiger charge is -2.18. The summed E-state index contributed by atoms with van der Waals surface area (Å²) in [5.41, 5.74) is -2.85. The lowest BCUT2D eigenvalue weighted by molar-refractivity contribution is -0.136. The van der Waals surface area contributed by atoms with E-state index >= 15 is 0 Å². The first-order chi connectivity index (χ1) is 13.6. The van der Waals surface area contributed by atoms with Crippen LogP contribution in [0.5, 0.6) is 0 Å². The standard InChI is InChI=1S/C21H13F5N2O/c1-12-4-3-5-13(8-12)18-10-16(21(24,25)26)19(27-2)20(29)28(18)11-14-6-7-15(22)9-17(14)23/h3-10H,11H2,1H3. The number of benzene rings is 2. The minimum absolute atomic E-state index is 0.0990. The zero-order chi connectivity index (χ0) is 21.3. The topological polar surface area (TPSA) is 26.4 Å². The maximum atomic E-state index is 14.1. The van der Waals surface area contributed by atoms with Crippen LogP contribution >= 0.6 is 0 Å². The third kappa shape index (κ3) is 4.04. The van der Waals surface area contributed by atoms with Crippen LogP contribution in [-0.4, -0.2) is 4.57 Å². The highest BCUT2D eigenvalue weighted by Gasteiger charge is 2.36. The number of aromatic nitrogens is 1. The van der Waals surface area contributed by atoms with E-state index in [2.05, 4.69) is 4.85 Å². The van der Waals surface area contributed by atoms with E-state index in [4.69, 9.17) is 6.57 Å². The lowest BCUT2D eigenvalue weighted by Crippen LogP contribution is -2.25. The minimum Gasteiger partial charge on any atom is -0.313 e. The Balaban J connectivity index is 2.33. The van der Waals surface area contributed by atoms with E-state index in [1.54, 1.807) is 25.1 Å². The predicted molar refractivity (Wildman–Crippen MR) is 97.6 cm³/mol. The van der Waals surface area contributed by atoms with Gasteiger partial charge in [-0.1, -0.05) is 29.8 Å². The van der Waals surface area contributed by atoms with Crippen molar-refractivity contribution in [2.45, 2.75) is 19.6 Å². The summed E-state index contributed by atoms with van der Waals surface area (Å²) in [6, 6.07) is 9.83. The molecule has 0 aliphatic heterocycles. The molecule has 0 bridgehead atoms. The third-order valence-electron chi connectivity index (χ3n) is 4.35. The fourth-order valence-corrected chi connectivity index (χ4v) is 2.98. The Hall–Kier alpha value is -3.47. The molecule has 0 saturated carbocycles. The summed E-state index contributed by atoms with van der Waals surface area (Å²) >= 11 is 0. The van der Waals surface area contributed by atoms with Crippen molar-refractivity contribution < 1.29 is 22.0 Å². The molecule has 0 atom stereocenters. The van der Waals surface area contributed by atoms with E-state index in [-0.39, 0.29) is 11.3 Å². The molecule has 0 saturated heterocycles. The van der Waals surface area contributed by atoms with Gasteiger partial charge < -0.3 is 4.57 Å². The molecule has 0 amide bonds. The molecule has 1 heterocycles. The second-order valence-electron chi connectivity index (χ2n) is 6.40. The van der Waals surface area contributed by atoms with Crippen molar-refractivity contribution in [3.05, 3.63) is 98.6 Å². The Labute approximate surface area is 162 Å². The monoisotopic (exact) mass is 404 g/mol. The van der Waals surface area contributed by atoms with Gasteiger partial charge in [-0.15, -0.1) is 0 Å². The Bertz CT molecular complexity index is 1190. The smallest absolute Gasteiger partial charge is 0.313 e. The summed E-state index contributed by atoms with van der Waals surface area (Å²) in [6.07, 6.45) is -4.92. The van der Waals surface area contributed by atoms with Crippen LogP contribution in [0.3, 0.4) is 0 Å². The summed E-state index contributed by atoms with van der Waals surface area (Å²) in [4.78, 5) is 15.6. The molecule has 0 aliphatic rings. The van der Waals surface area contributed by atoms with Crippen LogP contribution in [-0.2, 0) is 12.7 Å². The van der Waals surface area contributed by atoms with Crippen LogP contribution in [0.25, 0.3) is 16.1 Å². The summed E-state index contributed by atoms with van der Waals surface area (Å²) in [7, 11) is 0. The maximum absolute atomic E-state index is 14.1. The number of nitrogens with zero attached hydrogens (tertiary/aromatic N) is 2. The van der Waals surface area contributed by atoms with Gasteiger partial charge in [-0.25, -0.2) is 13.6 Å². The molecule has 3 nitrogen and oxygen atoms in total. The second-order valence-corrected chi connectivity index (χ2v) is 6.40. The highest BCUT2D eigenvalue weighted by atomic mass is 19.4. The van der Waals surface area contributed by atoms with Gasteiger partial charge in [0, 0.05) is 17.3 Å². The zero-order valence-corrected chi connectivity index (χ0v) is 15.0. The minimum atomic E-state index is -4.92. The van der Waals surface area contributed by atoms with Gasteiger partial charge in [0.15, 0.2) is 0 Å². The van der Waals surface area contributed by atoms with Gasteiger partial charge in [-0.05, 0) is 30.7 Å². The number of alkyl halides is 3. The number of hydrogen-bond donors (Lipinski definition) is 0. The van der Waals surface area contributed by atoms with Crippen molar-refractivity contribution in [1.82, 2.24) is 4.57 Å². The zero-order valence-electron chi connectivity index (χ0n) is 15.0. The van der Waals surface area contributed by atoms with Crippen LogP contribution in [0.15, 0.2) is 53.3 Å². The molecule has 2 aromatic carbocycles. The van der Waals surface area contributed by atoms with Crippen molar-refractivity contribution in [2.24, 2.45) is 0 Å². The van der Waals surface area contributed by atoms with Crippen LogP contribution in [0.4, 0.5) is 27.6 Å². The fraction of sp³-hybridized carbons (Fsp3) is 0.143. The predicted octanol–water partition coefficient (Wildman–Crippen LogP) is 5.72. The van der Waals surface area contributed by atoms with E-state index in [0.717, 1.165) is 22.3 Å². The molecule has 3 rings (SSSR count). The highest BCUT2D eigenvalue weighted by molar-refractivity contribution is 5.66. The second kappa shape index (κ2) is 7.51. The average molecular weight is 404 g/mol. The van der Waals surface area contributed by atoms with E-state index in [0.29, 0.717) is 17.7 Å². The molecular weight excluding hydrogens is 391 g/mol. The van der Waals surface area contributed by atoms with Gasteiger partial charge >= 0.3 is 6.18 Å². The number of aryl methyl sites for hydroxylation is 1. The molecular formula is C21H13F5N2O. The van der Waals surface area contributed by atoms with Gasteiger partial charge in [0.2, 0.25) is 0 Å². The highest BCUT2D eigenvalue weighted by Crippen LogP contribution is 2.37. The normalized spacial score (nSPS) is 11.3. The molecule has 1 aromatic heterocycles. The maximum Gasteiger partial charge on any atom is 0.407 e. The SMILES string of the molecule is [C-]#[N+]c1c(C(F)(F)F)cc(-c2cccc(C)c2)n(Cc2ccc(F)cc2F)c1=O. The Morgan fingerprint density at radius 3 is 2.38 bits per heavy atom. The van der Waals surface area contributed by atoms with Crippen molar-refractivity contribution in [2.75, 3.05) is 0 Å². The van der Waals surface area contributed by atoms with Crippen molar-refractivity contribution in [3.63, 3.8) is 0 Å². The first-order valence-corrected chi connectivity index (χ1v) is 8.35. The largest absolute Gasteiger partial charge is 0.407 e. The number of rotatable bonds is 3. The summed E-state index contributed by atoms with van der Waals surface area (Å²) in [5.74, 6) is -1.77. The van der Waals surface area contributed by atoms with Crippen LogP contribution in [0, 0.1) is 25.1 Å². The summed E-state index contributed by atoms with van der Waals surface area (Å²) < 4.78 is 68.6. The third-order valence-corrected chi connectivity index (χ3v) is 4.35. The molecule has 8 heteroatoms. The van der Waals surface area contributed by atoms with Crippen molar-refractivity contribution >= 4 is 5.69 Å². The molecule has 148 valence electrons. The van der Waals surface area contributed by atoms with Gasteiger partial charge in [-0.3, -0.25) is 4.79 Å². The van der Waals surface area contributed by atoms with Crippen LogP contribution < -0.4 is 5.56 Å². The molecule has 0 spiro atoms. The first-order valence-electron chi connectivity index (χ1n) is 8.35. The van der Waals surface area contributed by atoms with Crippen LogP contribution in [0.1, 0.15) is 16.7 Å². The summed E-state index contributed by atoms with van der Waals surface area (Å²) in [6.45, 7) is 8.31. The van der Waals surface area contributed by atoms with Crippen LogP contribution in [0.2, 0.25) is 0 Å². The molecule has 0 N–H and O–H groups in total. The van der Waals surface area contributed by atoms with E-state index in [1.807, 2.05) is 0 Å². The average Bonchev–Trinajstić information content (AvgIpc) is 2.64. The van der Waals surface area contributed by atoms with Gasteiger partial charge in [0.05, 0.1) is 18.7 Å². The fourth-order valence-electron chi connectivity index (χ4n) is 2.98.